The molecule has 0 heterocycles. The third kappa shape index (κ3) is 3.10. The Balaban J connectivity index is 2.55. The van der Waals surface area contributed by atoms with E-state index in [0.29, 0.717) is 17.1 Å². The van der Waals surface area contributed by atoms with Crippen LogP contribution in [0.1, 0.15) is 0 Å². The molecule has 0 spiro atoms. The second-order valence-electron chi connectivity index (χ2n) is 2.94. The molecule has 6 N–H and O–H groups in total. The van der Waals surface area contributed by atoms with Crippen LogP contribution in [-0.2, 0) is 0 Å². The SMILES string of the molecule is Nc1ccc(SCC(O)CO)cc1N. The van der Waals surface area contributed by atoms with Crippen LogP contribution in [0.5, 0.6) is 0 Å². The molecule has 1 aromatic carbocycles. The normalized spacial score (nSPS) is 12.7. The Morgan fingerprint density at radius 1 is 1.29 bits per heavy atom. The predicted molar refractivity (Wildman–Crippen MR) is 59.1 cm³/mol. The highest BCUT2D eigenvalue weighted by Crippen LogP contribution is 2.24. The third-order valence-corrected chi connectivity index (χ3v) is 2.85. The second-order valence-corrected chi connectivity index (χ2v) is 4.03. The molecule has 0 fully saturated rings. The zero-order chi connectivity index (χ0) is 10.6. The molecule has 0 radical (unpaired) electrons. The van der Waals surface area contributed by atoms with Crippen molar-refractivity contribution < 1.29 is 10.2 Å². The Morgan fingerprint density at radius 2 is 2.00 bits per heavy atom. The average Bonchev–Trinajstić information content (AvgIpc) is 2.19. The van der Waals surface area contributed by atoms with Gasteiger partial charge in [-0.1, -0.05) is 0 Å². The van der Waals surface area contributed by atoms with Crippen LogP contribution >= 0.6 is 11.8 Å². The molecule has 4 nitrogen and oxygen atoms in total. The number of hydrogen-bond donors (Lipinski definition) is 4. The minimum Gasteiger partial charge on any atom is -0.397 e. The van der Waals surface area contributed by atoms with Gasteiger partial charge in [0.05, 0.1) is 24.1 Å². The first-order chi connectivity index (χ1) is 6.63. The summed E-state index contributed by atoms with van der Waals surface area (Å²) >= 11 is 1.43. The summed E-state index contributed by atoms with van der Waals surface area (Å²) in [5.41, 5.74) is 12.2. The topological polar surface area (TPSA) is 92.5 Å². The summed E-state index contributed by atoms with van der Waals surface area (Å²) in [6.07, 6.45) is -0.696. The van der Waals surface area contributed by atoms with E-state index < -0.39 is 6.10 Å². The van der Waals surface area contributed by atoms with E-state index in [-0.39, 0.29) is 6.61 Å². The van der Waals surface area contributed by atoms with Crippen molar-refractivity contribution in [3.8, 4) is 0 Å². The highest BCUT2D eigenvalue weighted by atomic mass is 32.2. The maximum Gasteiger partial charge on any atom is 0.0864 e. The van der Waals surface area contributed by atoms with Gasteiger partial charge in [0.15, 0.2) is 0 Å². The molecule has 0 aliphatic rings. The number of thioether (sulfide) groups is 1. The number of nitrogen functional groups attached to an aromatic ring is 2. The van der Waals surface area contributed by atoms with Gasteiger partial charge in [0.25, 0.3) is 0 Å². The quantitative estimate of drug-likeness (QED) is 0.427. The number of rotatable bonds is 4. The first-order valence-electron chi connectivity index (χ1n) is 4.20. The van der Waals surface area contributed by atoms with Gasteiger partial charge in [0.2, 0.25) is 0 Å². The number of nitrogens with two attached hydrogens (primary N) is 2. The highest BCUT2D eigenvalue weighted by molar-refractivity contribution is 7.99. The highest BCUT2D eigenvalue weighted by Gasteiger charge is 2.03. The predicted octanol–water partition coefficient (Wildman–Crippen LogP) is 0.296. The standard InChI is InChI=1S/C9H14N2O2S/c10-8-2-1-7(3-9(8)11)14-5-6(13)4-12/h1-3,6,12-13H,4-5,10-11H2. The Morgan fingerprint density at radius 3 is 2.57 bits per heavy atom. The van der Waals surface area contributed by atoms with Gasteiger partial charge >= 0.3 is 0 Å². The summed E-state index contributed by atoms with van der Waals surface area (Å²) in [6.45, 7) is -0.225. The lowest BCUT2D eigenvalue weighted by Crippen LogP contribution is -2.14. The molecule has 0 amide bonds. The van der Waals surface area contributed by atoms with E-state index in [0.717, 1.165) is 4.90 Å². The van der Waals surface area contributed by atoms with E-state index in [2.05, 4.69) is 0 Å². The average molecular weight is 214 g/mol. The summed E-state index contributed by atoms with van der Waals surface area (Å²) in [5.74, 6) is 0.444. The summed E-state index contributed by atoms with van der Waals surface area (Å²) in [6, 6.07) is 5.31. The Kier molecular flexibility index (Phi) is 4.06. The first-order valence-corrected chi connectivity index (χ1v) is 5.18. The molecule has 1 atom stereocenters. The summed E-state index contributed by atoms with van der Waals surface area (Å²) < 4.78 is 0. The molecule has 0 saturated heterocycles. The van der Waals surface area contributed by atoms with Gasteiger partial charge in [0.1, 0.15) is 0 Å². The smallest absolute Gasteiger partial charge is 0.0864 e. The van der Waals surface area contributed by atoms with Crippen LogP contribution in [0.2, 0.25) is 0 Å². The van der Waals surface area contributed by atoms with Crippen molar-refractivity contribution in [2.75, 3.05) is 23.8 Å². The Bertz CT molecular complexity index is 307. The maximum absolute atomic E-state index is 9.12. The maximum atomic E-state index is 9.12. The molecule has 1 rings (SSSR count). The molecule has 0 aliphatic carbocycles. The van der Waals surface area contributed by atoms with Crippen molar-refractivity contribution in [3.05, 3.63) is 18.2 Å². The van der Waals surface area contributed by atoms with Crippen LogP contribution in [0.4, 0.5) is 11.4 Å². The molecular weight excluding hydrogens is 200 g/mol. The number of aliphatic hydroxyl groups excluding tert-OH is 2. The van der Waals surface area contributed by atoms with E-state index in [9.17, 15) is 0 Å². The van der Waals surface area contributed by atoms with Gasteiger partial charge in [-0.2, -0.15) is 0 Å². The van der Waals surface area contributed by atoms with Crippen LogP contribution in [0.25, 0.3) is 0 Å². The van der Waals surface area contributed by atoms with E-state index in [1.165, 1.54) is 11.8 Å². The molecule has 1 unspecified atom stereocenters. The van der Waals surface area contributed by atoms with Gasteiger partial charge in [-0.25, -0.2) is 0 Å². The van der Waals surface area contributed by atoms with Crippen molar-refractivity contribution in [2.45, 2.75) is 11.0 Å². The van der Waals surface area contributed by atoms with Gasteiger partial charge in [-0.3, -0.25) is 0 Å². The van der Waals surface area contributed by atoms with Crippen LogP contribution < -0.4 is 11.5 Å². The number of benzene rings is 1. The fourth-order valence-corrected chi connectivity index (χ4v) is 1.75. The lowest BCUT2D eigenvalue weighted by Gasteiger charge is -2.07. The van der Waals surface area contributed by atoms with Crippen LogP contribution in [0.15, 0.2) is 23.1 Å². The molecule has 1 aromatic rings. The fourth-order valence-electron chi connectivity index (χ4n) is 0.888. The van der Waals surface area contributed by atoms with Crippen molar-refractivity contribution in [1.82, 2.24) is 0 Å². The minimum atomic E-state index is -0.696. The zero-order valence-electron chi connectivity index (χ0n) is 7.68. The van der Waals surface area contributed by atoms with Gasteiger partial charge in [0, 0.05) is 10.6 Å². The van der Waals surface area contributed by atoms with Crippen LogP contribution in [0.3, 0.4) is 0 Å². The van der Waals surface area contributed by atoms with Crippen LogP contribution in [0, 0.1) is 0 Å². The zero-order valence-corrected chi connectivity index (χ0v) is 8.50. The fraction of sp³-hybridized carbons (Fsp3) is 0.333. The van der Waals surface area contributed by atoms with Crippen molar-refractivity contribution >= 4 is 23.1 Å². The van der Waals surface area contributed by atoms with Gasteiger partial charge in [-0.15, -0.1) is 11.8 Å². The van der Waals surface area contributed by atoms with Crippen molar-refractivity contribution in [1.29, 1.82) is 0 Å². The van der Waals surface area contributed by atoms with E-state index >= 15 is 0 Å². The lowest BCUT2D eigenvalue weighted by atomic mass is 10.3. The molecule has 0 aliphatic heterocycles. The molecule has 0 aromatic heterocycles. The van der Waals surface area contributed by atoms with Gasteiger partial charge < -0.3 is 21.7 Å². The monoisotopic (exact) mass is 214 g/mol. The largest absolute Gasteiger partial charge is 0.397 e. The minimum absolute atomic E-state index is 0.225. The number of anilines is 2. The molecule has 0 bridgehead atoms. The number of hydrogen-bond acceptors (Lipinski definition) is 5. The van der Waals surface area contributed by atoms with E-state index in [1.807, 2.05) is 6.07 Å². The molecular formula is C9H14N2O2S. The summed E-state index contributed by atoms with van der Waals surface area (Å²) in [5, 5.41) is 17.7. The van der Waals surface area contributed by atoms with E-state index in [4.69, 9.17) is 21.7 Å². The molecule has 78 valence electrons. The molecule has 14 heavy (non-hydrogen) atoms. The molecule has 5 heteroatoms. The van der Waals surface area contributed by atoms with Crippen molar-refractivity contribution in [2.24, 2.45) is 0 Å². The Hall–Kier alpha value is -0.910. The molecule has 0 saturated carbocycles. The Labute approximate surface area is 86.9 Å². The summed E-state index contributed by atoms with van der Waals surface area (Å²) in [4.78, 5) is 0.934. The number of aliphatic hydroxyl groups is 2. The lowest BCUT2D eigenvalue weighted by molar-refractivity contribution is 0.113. The third-order valence-electron chi connectivity index (χ3n) is 1.71. The van der Waals surface area contributed by atoms with E-state index in [1.54, 1.807) is 12.1 Å². The second kappa shape index (κ2) is 5.09. The van der Waals surface area contributed by atoms with Crippen LogP contribution in [-0.4, -0.2) is 28.7 Å². The first kappa shape index (κ1) is 11.2. The summed E-state index contributed by atoms with van der Waals surface area (Å²) in [7, 11) is 0. The van der Waals surface area contributed by atoms with Crippen molar-refractivity contribution in [3.63, 3.8) is 0 Å². The van der Waals surface area contributed by atoms with Gasteiger partial charge in [-0.05, 0) is 18.2 Å².